The van der Waals surface area contributed by atoms with E-state index in [-0.39, 0.29) is 11.4 Å². The van der Waals surface area contributed by atoms with Gasteiger partial charge in [-0.2, -0.15) is 0 Å². The highest BCUT2D eigenvalue weighted by molar-refractivity contribution is 5.45. The minimum absolute atomic E-state index is 0.169. The van der Waals surface area contributed by atoms with Gasteiger partial charge in [-0.3, -0.25) is 9.88 Å². The number of hydrogen-bond acceptors (Lipinski definition) is 4. The molecule has 1 N–H and O–H groups in total. The Balaban J connectivity index is 1.93. The summed E-state index contributed by atoms with van der Waals surface area (Å²) in [5.41, 5.74) is 0.354. The molecule has 0 aromatic carbocycles. The van der Waals surface area contributed by atoms with Crippen LogP contribution in [0.15, 0.2) is 18.5 Å². The fourth-order valence-corrected chi connectivity index (χ4v) is 2.45. The average Bonchev–Trinajstić information content (AvgIpc) is 2.35. The van der Waals surface area contributed by atoms with Crippen LogP contribution < -0.4 is 5.32 Å². The Morgan fingerprint density at radius 1 is 1.32 bits per heavy atom. The van der Waals surface area contributed by atoms with Gasteiger partial charge in [0.25, 0.3) is 0 Å². The lowest BCUT2D eigenvalue weighted by molar-refractivity contribution is 0.138. The van der Waals surface area contributed by atoms with Crippen LogP contribution in [0, 0.1) is 5.82 Å². The molecular weight excluding hydrogens is 243 g/mol. The minimum Gasteiger partial charge on any atom is -0.376 e. The quantitative estimate of drug-likeness (QED) is 0.898. The topological polar surface area (TPSA) is 31.4 Å². The summed E-state index contributed by atoms with van der Waals surface area (Å²) in [7, 11) is 2.15. The molecule has 1 aromatic heterocycles. The van der Waals surface area contributed by atoms with Crippen LogP contribution in [0.4, 0.5) is 10.1 Å². The summed E-state index contributed by atoms with van der Waals surface area (Å²) in [5, 5.41) is 3.27. The van der Waals surface area contributed by atoms with Gasteiger partial charge < -0.3 is 10.2 Å². The van der Waals surface area contributed by atoms with Crippen LogP contribution in [-0.4, -0.2) is 60.1 Å². The van der Waals surface area contributed by atoms with Crippen LogP contribution in [0.5, 0.6) is 0 Å². The number of piperazine rings is 1. The highest BCUT2D eigenvalue weighted by Gasteiger charge is 2.24. The smallest absolute Gasteiger partial charge is 0.164 e. The Morgan fingerprint density at radius 2 is 2.00 bits per heavy atom. The maximum atomic E-state index is 13.6. The lowest BCUT2D eigenvalue weighted by atomic mass is 10.0. The van der Waals surface area contributed by atoms with Gasteiger partial charge in [0.1, 0.15) is 0 Å². The van der Waals surface area contributed by atoms with Crippen molar-refractivity contribution in [3.8, 4) is 0 Å². The van der Waals surface area contributed by atoms with Crippen LogP contribution in [0.2, 0.25) is 0 Å². The van der Waals surface area contributed by atoms with Gasteiger partial charge >= 0.3 is 0 Å². The zero-order chi connectivity index (χ0) is 13.9. The highest BCUT2D eigenvalue weighted by Crippen LogP contribution is 2.19. The molecule has 2 heterocycles. The third kappa shape index (κ3) is 4.14. The van der Waals surface area contributed by atoms with E-state index >= 15 is 0 Å². The molecule has 4 nitrogen and oxygen atoms in total. The highest BCUT2D eigenvalue weighted by atomic mass is 19.1. The van der Waals surface area contributed by atoms with Crippen molar-refractivity contribution < 1.29 is 4.39 Å². The lowest BCUT2D eigenvalue weighted by Crippen LogP contribution is -2.51. The molecule has 106 valence electrons. The van der Waals surface area contributed by atoms with Gasteiger partial charge in [0.05, 0.1) is 11.9 Å². The summed E-state index contributed by atoms with van der Waals surface area (Å²) in [4.78, 5) is 8.52. The van der Waals surface area contributed by atoms with Gasteiger partial charge in [-0.05, 0) is 27.0 Å². The first-order valence-corrected chi connectivity index (χ1v) is 6.75. The second kappa shape index (κ2) is 5.84. The first kappa shape index (κ1) is 14.2. The Hall–Kier alpha value is -1.20. The molecule has 19 heavy (non-hydrogen) atoms. The van der Waals surface area contributed by atoms with Gasteiger partial charge in [0, 0.05) is 44.5 Å². The van der Waals surface area contributed by atoms with Crippen molar-refractivity contribution in [1.82, 2.24) is 14.8 Å². The zero-order valence-corrected chi connectivity index (χ0v) is 12.0. The van der Waals surface area contributed by atoms with E-state index in [9.17, 15) is 4.39 Å². The molecule has 0 aliphatic carbocycles. The summed E-state index contributed by atoms with van der Waals surface area (Å²) in [6, 6.07) is 1.68. The molecule has 0 unspecified atom stereocenters. The zero-order valence-electron chi connectivity index (χ0n) is 12.0. The SMILES string of the molecule is CN1CCN(CC(C)(C)Nc2ccncc2F)CC1. The summed E-state index contributed by atoms with van der Waals surface area (Å²) in [5.74, 6) is -0.297. The summed E-state index contributed by atoms with van der Waals surface area (Å²) in [6.07, 6.45) is 2.85. The predicted molar refractivity (Wildman–Crippen MR) is 75.8 cm³/mol. The number of likely N-dealkylation sites (N-methyl/N-ethyl adjacent to an activating group) is 1. The van der Waals surface area contributed by atoms with Crippen LogP contribution in [0.25, 0.3) is 0 Å². The van der Waals surface area contributed by atoms with E-state index in [1.807, 2.05) is 0 Å². The number of nitrogens with one attached hydrogen (secondary N) is 1. The summed E-state index contributed by atoms with van der Waals surface area (Å²) in [6.45, 7) is 9.44. The molecule has 1 aromatic rings. The van der Waals surface area contributed by atoms with E-state index in [2.05, 4.69) is 41.0 Å². The molecule has 0 amide bonds. The molecule has 2 rings (SSSR count). The molecular formula is C14H23FN4. The van der Waals surface area contributed by atoms with Gasteiger partial charge in [-0.25, -0.2) is 4.39 Å². The largest absolute Gasteiger partial charge is 0.376 e. The van der Waals surface area contributed by atoms with Crippen molar-refractivity contribution in [1.29, 1.82) is 0 Å². The fraction of sp³-hybridized carbons (Fsp3) is 0.643. The monoisotopic (exact) mass is 266 g/mol. The van der Waals surface area contributed by atoms with Crippen molar-refractivity contribution in [3.05, 3.63) is 24.3 Å². The van der Waals surface area contributed by atoms with Crippen LogP contribution in [0.3, 0.4) is 0 Å². The third-order valence-electron chi connectivity index (χ3n) is 3.46. The lowest BCUT2D eigenvalue weighted by Gasteiger charge is -2.38. The van der Waals surface area contributed by atoms with E-state index in [0.29, 0.717) is 5.69 Å². The second-order valence-electron chi connectivity index (χ2n) is 5.94. The maximum Gasteiger partial charge on any atom is 0.164 e. The van der Waals surface area contributed by atoms with Crippen molar-refractivity contribution in [2.24, 2.45) is 0 Å². The number of halogens is 1. The summed E-state index contributed by atoms with van der Waals surface area (Å²) < 4.78 is 13.6. The first-order chi connectivity index (χ1) is 8.96. The number of rotatable bonds is 4. The van der Waals surface area contributed by atoms with Gasteiger partial charge in [0.2, 0.25) is 0 Å². The second-order valence-corrected chi connectivity index (χ2v) is 5.94. The van der Waals surface area contributed by atoms with E-state index in [0.717, 1.165) is 32.7 Å². The maximum absolute atomic E-state index is 13.6. The van der Waals surface area contributed by atoms with E-state index in [4.69, 9.17) is 0 Å². The first-order valence-electron chi connectivity index (χ1n) is 6.75. The average molecular weight is 266 g/mol. The molecule has 5 heteroatoms. The molecule has 0 spiro atoms. The standard InChI is InChI=1S/C14H23FN4/c1-14(2,11-19-8-6-18(3)7-9-19)17-13-4-5-16-10-12(13)15/h4-5,10H,6-9,11H2,1-3H3,(H,16,17). The Kier molecular flexibility index (Phi) is 4.37. The van der Waals surface area contributed by atoms with E-state index < -0.39 is 0 Å². The molecule has 0 saturated carbocycles. The Morgan fingerprint density at radius 3 is 2.63 bits per heavy atom. The van der Waals surface area contributed by atoms with Crippen LogP contribution >= 0.6 is 0 Å². The normalized spacial score (nSPS) is 18.5. The van der Waals surface area contributed by atoms with Crippen molar-refractivity contribution in [3.63, 3.8) is 0 Å². The Labute approximate surface area is 114 Å². The molecule has 0 bridgehead atoms. The number of hydrogen-bond donors (Lipinski definition) is 1. The minimum atomic E-state index is -0.297. The molecule has 0 atom stereocenters. The van der Waals surface area contributed by atoms with Crippen LogP contribution in [0.1, 0.15) is 13.8 Å². The number of nitrogens with zero attached hydrogens (tertiary/aromatic N) is 3. The van der Waals surface area contributed by atoms with Crippen molar-refractivity contribution in [2.75, 3.05) is 45.1 Å². The predicted octanol–water partition coefficient (Wildman–Crippen LogP) is 1.66. The number of pyridine rings is 1. The fourth-order valence-electron chi connectivity index (χ4n) is 2.45. The van der Waals surface area contributed by atoms with Gasteiger partial charge in [0.15, 0.2) is 5.82 Å². The summed E-state index contributed by atoms with van der Waals surface area (Å²) >= 11 is 0. The molecule has 1 aliphatic rings. The molecule has 1 fully saturated rings. The molecule has 0 radical (unpaired) electrons. The number of aromatic nitrogens is 1. The van der Waals surface area contributed by atoms with E-state index in [1.54, 1.807) is 12.3 Å². The van der Waals surface area contributed by atoms with Crippen molar-refractivity contribution >= 4 is 5.69 Å². The molecule has 1 saturated heterocycles. The molecule has 1 aliphatic heterocycles. The van der Waals surface area contributed by atoms with Gasteiger partial charge in [-0.15, -0.1) is 0 Å². The van der Waals surface area contributed by atoms with Crippen molar-refractivity contribution in [2.45, 2.75) is 19.4 Å². The third-order valence-corrected chi connectivity index (χ3v) is 3.46. The van der Waals surface area contributed by atoms with Crippen LogP contribution in [-0.2, 0) is 0 Å². The van der Waals surface area contributed by atoms with E-state index in [1.165, 1.54) is 6.20 Å². The Bertz CT molecular complexity index is 414. The number of anilines is 1. The van der Waals surface area contributed by atoms with Gasteiger partial charge in [-0.1, -0.05) is 0 Å².